The summed E-state index contributed by atoms with van der Waals surface area (Å²) in [7, 11) is 0. The molecule has 0 saturated heterocycles. The van der Waals surface area contributed by atoms with Crippen molar-refractivity contribution >= 4 is 11.8 Å². The van der Waals surface area contributed by atoms with Crippen molar-refractivity contribution in [2.75, 3.05) is 0 Å². The third-order valence-corrected chi connectivity index (χ3v) is 5.57. The molecule has 3 aromatic rings. The van der Waals surface area contributed by atoms with Gasteiger partial charge in [-0.3, -0.25) is 9.59 Å². The molecule has 2 amide bonds. The first-order valence-corrected chi connectivity index (χ1v) is 10.9. The van der Waals surface area contributed by atoms with E-state index in [9.17, 15) is 9.59 Å². The number of furan rings is 1. The molecule has 0 spiro atoms. The topological polar surface area (TPSA) is 71.3 Å². The van der Waals surface area contributed by atoms with Gasteiger partial charge in [-0.25, -0.2) is 0 Å². The number of hydrogen-bond donors (Lipinski definition) is 2. The third kappa shape index (κ3) is 5.67. The van der Waals surface area contributed by atoms with Crippen LogP contribution in [-0.4, -0.2) is 11.8 Å². The van der Waals surface area contributed by atoms with Crippen molar-refractivity contribution in [1.29, 1.82) is 0 Å². The zero-order valence-electron chi connectivity index (χ0n) is 19.4. The van der Waals surface area contributed by atoms with Gasteiger partial charge in [0.25, 0.3) is 5.91 Å². The fraction of sp³-hybridized carbons (Fsp3) is 0.333. The fourth-order valence-electron chi connectivity index (χ4n) is 3.63. The largest absolute Gasteiger partial charge is 0.464 e. The molecule has 32 heavy (non-hydrogen) atoms. The summed E-state index contributed by atoms with van der Waals surface area (Å²) in [5.41, 5.74) is 0.988. The first-order valence-electron chi connectivity index (χ1n) is 10.9. The van der Waals surface area contributed by atoms with Crippen LogP contribution < -0.4 is 10.6 Å². The SMILES string of the molecule is Cc1ccc([C@H](NC(=O)C(C)(C)C)[C@@H](C)[C@@H](NC(=O)c2ccccc2)c2ccccc2)o1. The Kier molecular flexibility index (Phi) is 7.18. The van der Waals surface area contributed by atoms with E-state index in [0.29, 0.717) is 11.3 Å². The van der Waals surface area contributed by atoms with Gasteiger partial charge in [0.2, 0.25) is 5.91 Å². The molecule has 0 fully saturated rings. The molecule has 0 radical (unpaired) electrons. The van der Waals surface area contributed by atoms with Gasteiger partial charge in [-0.15, -0.1) is 0 Å². The van der Waals surface area contributed by atoms with Crippen molar-refractivity contribution in [1.82, 2.24) is 10.6 Å². The molecule has 0 aliphatic rings. The Morgan fingerprint density at radius 2 is 1.41 bits per heavy atom. The van der Waals surface area contributed by atoms with Gasteiger partial charge in [-0.1, -0.05) is 76.2 Å². The highest BCUT2D eigenvalue weighted by atomic mass is 16.3. The summed E-state index contributed by atoms with van der Waals surface area (Å²) in [5, 5.41) is 6.35. The van der Waals surface area contributed by atoms with Gasteiger partial charge in [0.1, 0.15) is 11.5 Å². The molecule has 5 heteroatoms. The second kappa shape index (κ2) is 9.86. The van der Waals surface area contributed by atoms with Crippen molar-refractivity contribution in [2.24, 2.45) is 11.3 Å². The number of benzene rings is 2. The lowest BCUT2D eigenvalue weighted by atomic mass is 9.85. The quantitative estimate of drug-likeness (QED) is 0.511. The van der Waals surface area contributed by atoms with Crippen LogP contribution in [0.5, 0.6) is 0 Å². The predicted octanol–water partition coefficient (Wildman–Crippen LogP) is 5.60. The second-order valence-corrected chi connectivity index (χ2v) is 9.24. The molecule has 168 valence electrons. The van der Waals surface area contributed by atoms with Crippen LogP contribution in [0.1, 0.15) is 67.2 Å². The third-order valence-electron chi connectivity index (χ3n) is 5.57. The van der Waals surface area contributed by atoms with Gasteiger partial charge >= 0.3 is 0 Å². The van der Waals surface area contributed by atoms with Gasteiger partial charge in [0, 0.05) is 16.9 Å². The Balaban J connectivity index is 1.98. The maximum Gasteiger partial charge on any atom is 0.251 e. The van der Waals surface area contributed by atoms with Crippen LogP contribution in [0.2, 0.25) is 0 Å². The van der Waals surface area contributed by atoms with Crippen LogP contribution in [0.3, 0.4) is 0 Å². The molecule has 3 rings (SSSR count). The molecule has 1 aromatic heterocycles. The average molecular weight is 433 g/mol. The Labute approximate surface area is 190 Å². The van der Waals surface area contributed by atoms with E-state index < -0.39 is 11.5 Å². The lowest BCUT2D eigenvalue weighted by Crippen LogP contribution is -2.43. The van der Waals surface area contributed by atoms with E-state index in [4.69, 9.17) is 4.42 Å². The standard InChI is InChI=1S/C27H32N2O3/c1-18-16-17-22(32-18)24(29-26(31)27(3,4)5)19(2)23(20-12-8-6-9-13-20)28-25(30)21-14-10-7-11-15-21/h6-17,19,23-24H,1-5H3,(H,28,30)(H,29,31)/t19-,23+,24+/m0/s1. The lowest BCUT2D eigenvalue weighted by Gasteiger charge is -2.33. The van der Waals surface area contributed by atoms with E-state index in [0.717, 1.165) is 11.3 Å². The summed E-state index contributed by atoms with van der Waals surface area (Å²) in [6.07, 6.45) is 0. The van der Waals surface area contributed by atoms with Crippen molar-refractivity contribution in [3.63, 3.8) is 0 Å². The van der Waals surface area contributed by atoms with Gasteiger partial charge in [-0.2, -0.15) is 0 Å². The Morgan fingerprint density at radius 1 is 0.812 bits per heavy atom. The Bertz CT molecular complexity index is 1040. The highest BCUT2D eigenvalue weighted by Gasteiger charge is 2.34. The van der Waals surface area contributed by atoms with Gasteiger partial charge in [0.05, 0.1) is 12.1 Å². The van der Waals surface area contributed by atoms with Crippen LogP contribution in [0.4, 0.5) is 0 Å². The van der Waals surface area contributed by atoms with Crippen LogP contribution in [-0.2, 0) is 4.79 Å². The maximum atomic E-state index is 13.1. The van der Waals surface area contributed by atoms with Crippen molar-refractivity contribution in [3.8, 4) is 0 Å². The monoisotopic (exact) mass is 432 g/mol. The number of amides is 2. The lowest BCUT2D eigenvalue weighted by molar-refractivity contribution is -0.129. The molecule has 0 unspecified atom stereocenters. The molecule has 2 N–H and O–H groups in total. The summed E-state index contributed by atoms with van der Waals surface area (Å²) in [5.74, 6) is 1.00. The van der Waals surface area contributed by atoms with Crippen molar-refractivity contribution in [2.45, 2.75) is 46.7 Å². The molecule has 5 nitrogen and oxygen atoms in total. The number of nitrogens with one attached hydrogen (secondary N) is 2. The van der Waals surface area contributed by atoms with Gasteiger partial charge < -0.3 is 15.1 Å². The van der Waals surface area contributed by atoms with E-state index in [2.05, 4.69) is 10.6 Å². The van der Waals surface area contributed by atoms with Crippen LogP contribution in [0.15, 0.2) is 77.2 Å². The average Bonchev–Trinajstić information content (AvgIpc) is 3.21. The molecule has 3 atom stereocenters. The fourth-order valence-corrected chi connectivity index (χ4v) is 3.63. The summed E-state index contributed by atoms with van der Waals surface area (Å²) in [6.45, 7) is 9.53. The normalized spacial score (nSPS) is 14.3. The summed E-state index contributed by atoms with van der Waals surface area (Å²) < 4.78 is 5.93. The van der Waals surface area contributed by atoms with E-state index >= 15 is 0 Å². The minimum atomic E-state index is -0.560. The maximum absolute atomic E-state index is 13.1. The molecule has 2 aromatic carbocycles. The predicted molar refractivity (Wildman–Crippen MR) is 126 cm³/mol. The summed E-state index contributed by atoms with van der Waals surface area (Å²) >= 11 is 0. The summed E-state index contributed by atoms with van der Waals surface area (Å²) in [4.78, 5) is 26.0. The number of carbonyl (C=O) groups excluding carboxylic acids is 2. The molecular weight excluding hydrogens is 400 g/mol. The molecule has 0 aliphatic carbocycles. The molecule has 0 bridgehead atoms. The van der Waals surface area contributed by atoms with E-state index in [1.165, 1.54) is 0 Å². The Hall–Kier alpha value is -3.34. The van der Waals surface area contributed by atoms with Crippen LogP contribution >= 0.6 is 0 Å². The van der Waals surface area contributed by atoms with E-state index in [1.54, 1.807) is 12.1 Å². The van der Waals surface area contributed by atoms with E-state index in [1.807, 2.05) is 95.3 Å². The number of hydrogen-bond acceptors (Lipinski definition) is 3. The van der Waals surface area contributed by atoms with Crippen molar-refractivity contribution in [3.05, 3.63) is 95.4 Å². The second-order valence-electron chi connectivity index (χ2n) is 9.24. The van der Waals surface area contributed by atoms with Crippen molar-refractivity contribution < 1.29 is 14.0 Å². The molecular formula is C27H32N2O3. The summed E-state index contributed by atoms with van der Waals surface area (Å²) in [6, 6.07) is 22.0. The highest BCUT2D eigenvalue weighted by Crippen LogP contribution is 2.35. The number of carbonyl (C=O) groups is 2. The zero-order chi connectivity index (χ0) is 23.3. The van der Waals surface area contributed by atoms with Gasteiger partial charge in [-0.05, 0) is 36.8 Å². The number of aryl methyl sites for hydroxylation is 1. The molecule has 0 aliphatic heterocycles. The first kappa shape index (κ1) is 23.3. The minimum absolute atomic E-state index is 0.0791. The molecule has 1 heterocycles. The first-order chi connectivity index (χ1) is 15.2. The Morgan fingerprint density at radius 3 is 1.94 bits per heavy atom. The number of rotatable bonds is 7. The smallest absolute Gasteiger partial charge is 0.251 e. The molecule has 0 saturated carbocycles. The van der Waals surface area contributed by atoms with E-state index in [-0.39, 0.29) is 23.8 Å². The minimum Gasteiger partial charge on any atom is -0.464 e. The van der Waals surface area contributed by atoms with Crippen LogP contribution in [0, 0.1) is 18.3 Å². The van der Waals surface area contributed by atoms with Crippen LogP contribution in [0.25, 0.3) is 0 Å². The highest BCUT2D eigenvalue weighted by molar-refractivity contribution is 5.94. The van der Waals surface area contributed by atoms with Gasteiger partial charge in [0.15, 0.2) is 0 Å². The zero-order valence-corrected chi connectivity index (χ0v) is 19.4.